The molecular weight excluding hydrogens is 267 g/mol. The summed E-state index contributed by atoms with van der Waals surface area (Å²) < 4.78 is 18.4. The van der Waals surface area contributed by atoms with Gasteiger partial charge < -0.3 is 9.84 Å². The van der Waals surface area contributed by atoms with Gasteiger partial charge in [-0.05, 0) is 42.2 Å². The van der Waals surface area contributed by atoms with Gasteiger partial charge in [0.1, 0.15) is 11.6 Å². The summed E-state index contributed by atoms with van der Waals surface area (Å²) in [5.74, 6) is 1.11. The maximum Gasteiger partial charge on any atom is 0.303 e. The Labute approximate surface area is 116 Å². The number of aliphatic carboxylic acids is 1. The molecule has 2 rings (SSSR count). The zero-order valence-corrected chi connectivity index (χ0v) is 11.6. The highest BCUT2D eigenvalue weighted by molar-refractivity contribution is 7.98. The second-order valence-corrected chi connectivity index (χ2v) is 6.01. The molecule has 19 heavy (non-hydrogen) atoms. The largest absolute Gasteiger partial charge is 0.496 e. The van der Waals surface area contributed by atoms with E-state index < -0.39 is 5.97 Å². The molecule has 1 saturated carbocycles. The van der Waals surface area contributed by atoms with Crippen LogP contribution in [0.1, 0.15) is 24.8 Å². The average molecular weight is 284 g/mol. The first kappa shape index (κ1) is 14.2. The van der Waals surface area contributed by atoms with Crippen molar-refractivity contribution in [3.05, 3.63) is 29.6 Å². The van der Waals surface area contributed by atoms with Crippen molar-refractivity contribution in [3.8, 4) is 5.75 Å². The Morgan fingerprint density at radius 3 is 2.84 bits per heavy atom. The van der Waals surface area contributed by atoms with E-state index in [0.717, 1.165) is 24.2 Å². The van der Waals surface area contributed by atoms with E-state index in [4.69, 9.17) is 9.84 Å². The van der Waals surface area contributed by atoms with Crippen LogP contribution >= 0.6 is 11.8 Å². The second kappa shape index (κ2) is 5.82. The Bertz CT molecular complexity index is 472. The highest BCUT2D eigenvalue weighted by Crippen LogP contribution is 2.51. The van der Waals surface area contributed by atoms with Gasteiger partial charge in [-0.1, -0.05) is 0 Å². The van der Waals surface area contributed by atoms with Crippen LogP contribution in [0.25, 0.3) is 0 Å². The topological polar surface area (TPSA) is 46.5 Å². The van der Waals surface area contributed by atoms with Crippen molar-refractivity contribution in [3.63, 3.8) is 0 Å². The molecule has 3 nitrogen and oxygen atoms in total. The van der Waals surface area contributed by atoms with E-state index in [1.807, 2.05) is 0 Å². The van der Waals surface area contributed by atoms with Crippen molar-refractivity contribution in [1.29, 1.82) is 0 Å². The van der Waals surface area contributed by atoms with Gasteiger partial charge in [0.25, 0.3) is 0 Å². The van der Waals surface area contributed by atoms with E-state index in [2.05, 4.69) is 0 Å². The van der Waals surface area contributed by atoms with Crippen LogP contribution in [0.4, 0.5) is 4.39 Å². The molecule has 5 heteroatoms. The number of benzene rings is 1. The Balaban J connectivity index is 1.89. The summed E-state index contributed by atoms with van der Waals surface area (Å²) in [4.78, 5) is 10.8. The van der Waals surface area contributed by atoms with Gasteiger partial charge in [0.05, 0.1) is 13.5 Å². The van der Waals surface area contributed by atoms with Gasteiger partial charge in [0.2, 0.25) is 0 Å². The van der Waals surface area contributed by atoms with Crippen molar-refractivity contribution < 1.29 is 19.0 Å². The van der Waals surface area contributed by atoms with Crippen LogP contribution in [0.5, 0.6) is 5.75 Å². The second-order valence-electron chi connectivity index (χ2n) is 5.02. The fourth-order valence-electron chi connectivity index (χ4n) is 2.11. The number of ether oxygens (including phenoxy) is 1. The summed E-state index contributed by atoms with van der Waals surface area (Å²) in [7, 11) is 1.56. The molecule has 0 heterocycles. The van der Waals surface area contributed by atoms with E-state index in [0.29, 0.717) is 11.5 Å². The van der Waals surface area contributed by atoms with E-state index >= 15 is 0 Å². The first-order chi connectivity index (χ1) is 9.04. The van der Waals surface area contributed by atoms with Crippen molar-refractivity contribution in [1.82, 2.24) is 0 Å². The molecule has 1 N–H and O–H groups in total. The molecule has 0 aromatic heterocycles. The van der Waals surface area contributed by atoms with Crippen LogP contribution in [0, 0.1) is 11.2 Å². The van der Waals surface area contributed by atoms with E-state index in [1.165, 1.54) is 12.1 Å². The van der Waals surface area contributed by atoms with Crippen LogP contribution in [0.15, 0.2) is 18.2 Å². The molecule has 0 spiro atoms. The van der Waals surface area contributed by atoms with Gasteiger partial charge in [0.15, 0.2) is 0 Å². The quantitative estimate of drug-likeness (QED) is 0.834. The summed E-state index contributed by atoms with van der Waals surface area (Å²) in [6, 6.07) is 4.47. The molecule has 0 aliphatic heterocycles. The van der Waals surface area contributed by atoms with Crippen molar-refractivity contribution in [2.24, 2.45) is 5.41 Å². The van der Waals surface area contributed by atoms with Crippen LogP contribution in [-0.4, -0.2) is 23.9 Å². The maximum absolute atomic E-state index is 13.2. The Kier molecular flexibility index (Phi) is 4.34. The maximum atomic E-state index is 13.2. The number of hydrogen-bond acceptors (Lipinski definition) is 3. The predicted molar refractivity (Wildman–Crippen MR) is 73.0 cm³/mol. The molecule has 0 bridgehead atoms. The van der Waals surface area contributed by atoms with Crippen molar-refractivity contribution in [2.45, 2.75) is 25.0 Å². The number of hydrogen-bond donors (Lipinski definition) is 1. The summed E-state index contributed by atoms with van der Waals surface area (Å²) in [6.45, 7) is 0. The number of carbonyl (C=O) groups is 1. The lowest BCUT2D eigenvalue weighted by atomic mass is 10.1. The third-order valence-electron chi connectivity index (χ3n) is 3.39. The number of methoxy groups -OCH3 is 1. The van der Waals surface area contributed by atoms with Crippen LogP contribution < -0.4 is 4.74 Å². The Morgan fingerprint density at radius 2 is 2.26 bits per heavy atom. The highest BCUT2D eigenvalue weighted by Gasteiger charge is 2.44. The fraction of sp³-hybridized carbons (Fsp3) is 0.500. The molecule has 1 aromatic carbocycles. The van der Waals surface area contributed by atoms with Gasteiger partial charge in [0, 0.05) is 11.3 Å². The van der Waals surface area contributed by atoms with Crippen LogP contribution in [-0.2, 0) is 10.5 Å². The minimum absolute atomic E-state index is 0.0307. The monoisotopic (exact) mass is 284 g/mol. The standard InChI is InChI=1S/C14H17FO3S/c1-18-12-3-2-11(15)6-10(12)8-19-9-14(4-5-14)7-13(16)17/h2-3,6H,4-5,7-9H2,1H3,(H,16,17). The SMILES string of the molecule is COc1ccc(F)cc1CSCC1(CC(=O)O)CC1. The number of carboxylic acids is 1. The molecule has 104 valence electrons. The lowest BCUT2D eigenvalue weighted by Crippen LogP contribution is -2.11. The first-order valence-corrected chi connectivity index (χ1v) is 7.32. The van der Waals surface area contributed by atoms with Gasteiger partial charge >= 0.3 is 5.97 Å². The molecule has 1 fully saturated rings. The molecule has 0 atom stereocenters. The van der Waals surface area contributed by atoms with Gasteiger partial charge in [-0.2, -0.15) is 11.8 Å². The first-order valence-electron chi connectivity index (χ1n) is 6.17. The minimum Gasteiger partial charge on any atom is -0.496 e. The predicted octanol–water partition coefficient (Wildman–Crippen LogP) is 3.32. The lowest BCUT2D eigenvalue weighted by molar-refractivity contribution is -0.138. The normalized spacial score (nSPS) is 16.1. The third-order valence-corrected chi connectivity index (χ3v) is 4.72. The third kappa shape index (κ3) is 3.86. The Morgan fingerprint density at radius 1 is 1.53 bits per heavy atom. The molecular formula is C14H17FO3S. The molecule has 1 aromatic rings. The molecule has 0 unspecified atom stereocenters. The molecule has 1 aliphatic carbocycles. The smallest absolute Gasteiger partial charge is 0.303 e. The van der Waals surface area contributed by atoms with Crippen molar-refractivity contribution >= 4 is 17.7 Å². The van der Waals surface area contributed by atoms with E-state index in [-0.39, 0.29) is 17.7 Å². The number of thioether (sulfide) groups is 1. The van der Waals surface area contributed by atoms with Crippen molar-refractivity contribution in [2.75, 3.05) is 12.9 Å². The number of carboxylic acid groups (broad SMARTS) is 1. The molecule has 0 radical (unpaired) electrons. The van der Waals surface area contributed by atoms with Crippen LogP contribution in [0.3, 0.4) is 0 Å². The molecule has 0 amide bonds. The van der Waals surface area contributed by atoms with Crippen LogP contribution in [0.2, 0.25) is 0 Å². The summed E-state index contributed by atoms with van der Waals surface area (Å²) in [6.07, 6.45) is 2.19. The van der Waals surface area contributed by atoms with E-state index in [1.54, 1.807) is 24.9 Å². The molecule has 1 aliphatic rings. The zero-order chi connectivity index (χ0) is 13.9. The van der Waals surface area contributed by atoms with E-state index in [9.17, 15) is 9.18 Å². The van der Waals surface area contributed by atoms with Gasteiger partial charge in [-0.15, -0.1) is 0 Å². The lowest BCUT2D eigenvalue weighted by Gasteiger charge is -2.13. The summed E-state index contributed by atoms with van der Waals surface area (Å²) >= 11 is 1.65. The summed E-state index contributed by atoms with van der Waals surface area (Å²) in [5, 5.41) is 8.85. The summed E-state index contributed by atoms with van der Waals surface area (Å²) in [5.41, 5.74) is 0.787. The fourth-order valence-corrected chi connectivity index (χ4v) is 3.48. The average Bonchev–Trinajstić information content (AvgIpc) is 3.08. The number of halogens is 1. The Hall–Kier alpha value is -1.23. The highest BCUT2D eigenvalue weighted by atomic mass is 32.2. The number of rotatable bonds is 7. The minimum atomic E-state index is -0.735. The van der Waals surface area contributed by atoms with Gasteiger partial charge in [-0.25, -0.2) is 4.39 Å². The molecule has 0 saturated heterocycles. The zero-order valence-electron chi connectivity index (χ0n) is 10.8. The van der Waals surface area contributed by atoms with Gasteiger partial charge in [-0.3, -0.25) is 4.79 Å².